The number of aromatic nitrogens is 4. The van der Waals surface area contributed by atoms with Gasteiger partial charge in [0.15, 0.2) is 5.65 Å². The second kappa shape index (κ2) is 1.51. The smallest absolute Gasteiger partial charge is 0.158 e. The Bertz CT molecular complexity index is 355. The van der Waals surface area contributed by atoms with Crippen LogP contribution < -0.4 is 0 Å². The lowest BCUT2D eigenvalue weighted by Crippen LogP contribution is -1.75. The molecule has 0 fully saturated rings. The number of hydrogen-bond acceptors (Lipinski definition) is 3. The van der Waals surface area contributed by atoms with Crippen LogP contribution in [0.1, 0.15) is 1.37 Å². The molecule has 2 aromatic rings. The maximum atomic E-state index is 7.27. The largest absolute Gasteiger partial charge is 0.261 e. The SMILES string of the molecule is [2H]c1ncnc2[nH]ncc12. The predicted molar refractivity (Wildman–Crippen MR) is 31.7 cm³/mol. The number of rotatable bonds is 0. The van der Waals surface area contributed by atoms with Crippen LogP contribution in [0.4, 0.5) is 0 Å². The lowest BCUT2D eigenvalue weighted by atomic mass is 10.5. The molecule has 2 rings (SSSR count). The molecular formula is C5H4N4. The number of hydrogen-bond donors (Lipinski definition) is 1. The first kappa shape index (κ1) is 3.55. The number of H-pyrrole nitrogens is 1. The normalized spacial score (nSPS) is 11.8. The van der Waals surface area contributed by atoms with Crippen molar-refractivity contribution in [3.05, 3.63) is 18.7 Å². The third kappa shape index (κ3) is 0.561. The zero-order valence-corrected chi connectivity index (χ0v) is 4.50. The minimum atomic E-state index is 0.207. The summed E-state index contributed by atoms with van der Waals surface area (Å²) in [5.41, 5.74) is 0.611. The quantitative estimate of drug-likeness (QED) is 0.547. The molecule has 0 unspecified atom stereocenters. The Hall–Kier alpha value is -1.45. The van der Waals surface area contributed by atoms with Crippen molar-refractivity contribution >= 4 is 11.0 Å². The number of fused-ring (bicyclic) bond motifs is 1. The summed E-state index contributed by atoms with van der Waals surface area (Å²) in [5, 5.41) is 7.01. The topological polar surface area (TPSA) is 54.5 Å². The summed E-state index contributed by atoms with van der Waals surface area (Å²) in [5.74, 6) is 0. The molecule has 0 spiro atoms. The van der Waals surface area contributed by atoms with Gasteiger partial charge in [-0.2, -0.15) is 5.10 Å². The van der Waals surface area contributed by atoms with E-state index < -0.39 is 0 Å². The van der Waals surface area contributed by atoms with Gasteiger partial charge in [-0.25, -0.2) is 9.97 Å². The van der Waals surface area contributed by atoms with E-state index in [1.165, 1.54) is 12.5 Å². The molecule has 9 heavy (non-hydrogen) atoms. The fraction of sp³-hybridized carbons (Fsp3) is 0. The third-order valence-corrected chi connectivity index (χ3v) is 1.05. The lowest BCUT2D eigenvalue weighted by molar-refractivity contribution is 1.09. The van der Waals surface area contributed by atoms with Gasteiger partial charge in [0, 0.05) is 6.17 Å². The van der Waals surface area contributed by atoms with Gasteiger partial charge in [-0.1, -0.05) is 0 Å². The van der Waals surface area contributed by atoms with Gasteiger partial charge in [0.1, 0.15) is 6.33 Å². The molecule has 0 saturated carbocycles. The van der Waals surface area contributed by atoms with E-state index in [4.69, 9.17) is 1.37 Å². The molecule has 2 heterocycles. The summed E-state index contributed by atoms with van der Waals surface area (Å²) in [6.07, 6.45) is 3.08. The molecule has 0 atom stereocenters. The first-order valence-electron chi connectivity index (χ1n) is 2.98. The van der Waals surface area contributed by atoms with Gasteiger partial charge >= 0.3 is 0 Å². The van der Waals surface area contributed by atoms with Gasteiger partial charge in [-0.3, -0.25) is 5.10 Å². The lowest BCUT2D eigenvalue weighted by Gasteiger charge is -1.80. The summed E-state index contributed by atoms with van der Waals surface area (Å²) in [4.78, 5) is 7.53. The maximum Gasteiger partial charge on any atom is 0.158 e. The first-order chi connectivity index (χ1) is 4.88. The molecule has 0 radical (unpaired) electrons. The third-order valence-electron chi connectivity index (χ3n) is 1.05. The van der Waals surface area contributed by atoms with Crippen molar-refractivity contribution in [3.8, 4) is 0 Å². The molecule has 0 bridgehead atoms. The van der Waals surface area contributed by atoms with Crippen LogP contribution in [-0.2, 0) is 0 Å². The fourth-order valence-electron chi connectivity index (χ4n) is 0.645. The van der Waals surface area contributed by atoms with Crippen LogP contribution in [0.5, 0.6) is 0 Å². The van der Waals surface area contributed by atoms with Crippen LogP contribution >= 0.6 is 0 Å². The Balaban J connectivity index is 2.95. The molecular weight excluding hydrogens is 116 g/mol. The molecule has 0 saturated heterocycles. The van der Waals surface area contributed by atoms with Crippen LogP contribution in [0.15, 0.2) is 18.7 Å². The highest BCUT2D eigenvalue weighted by Gasteiger charge is 1.90. The van der Waals surface area contributed by atoms with E-state index in [0.29, 0.717) is 11.0 Å². The van der Waals surface area contributed by atoms with Crippen LogP contribution in [0, 0.1) is 0 Å². The fourth-order valence-corrected chi connectivity index (χ4v) is 0.645. The predicted octanol–water partition coefficient (Wildman–Crippen LogP) is 0.353. The van der Waals surface area contributed by atoms with Crippen molar-refractivity contribution < 1.29 is 1.37 Å². The molecule has 1 N–H and O–H groups in total. The van der Waals surface area contributed by atoms with E-state index in [1.807, 2.05) is 0 Å². The molecule has 0 aliphatic heterocycles. The summed E-state index contributed by atoms with van der Waals surface area (Å²) < 4.78 is 7.27. The monoisotopic (exact) mass is 121 g/mol. The van der Waals surface area contributed by atoms with Crippen molar-refractivity contribution in [1.29, 1.82) is 0 Å². The number of nitrogens with one attached hydrogen (secondary N) is 1. The van der Waals surface area contributed by atoms with Crippen LogP contribution in [0.2, 0.25) is 0 Å². The summed E-state index contributed by atoms with van der Waals surface area (Å²) >= 11 is 0. The minimum Gasteiger partial charge on any atom is -0.261 e. The Morgan fingerprint density at radius 1 is 1.67 bits per heavy atom. The second-order valence-corrected chi connectivity index (χ2v) is 1.62. The molecule has 0 amide bonds. The summed E-state index contributed by atoms with van der Waals surface area (Å²) in [6.45, 7) is 0. The molecule has 0 aliphatic rings. The Kier molecular flexibility index (Phi) is 0.597. The molecule has 0 aliphatic carbocycles. The van der Waals surface area contributed by atoms with E-state index in [2.05, 4.69) is 20.2 Å². The maximum absolute atomic E-state index is 7.27. The van der Waals surface area contributed by atoms with Crippen molar-refractivity contribution in [2.75, 3.05) is 0 Å². The van der Waals surface area contributed by atoms with Crippen molar-refractivity contribution in [2.45, 2.75) is 0 Å². The summed E-state index contributed by atoms with van der Waals surface area (Å²) in [6, 6.07) is 0. The molecule has 44 valence electrons. The Morgan fingerprint density at radius 3 is 3.56 bits per heavy atom. The van der Waals surface area contributed by atoms with E-state index in [1.54, 1.807) is 0 Å². The van der Waals surface area contributed by atoms with E-state index in [0.717, 1.165) is 0 Å². The minimum absolute atomic E-state index is 0.207. The van der Waals surface area contributed by atoms with Gasteiger partial charge in [-0.15, -0.1) is 0 Å². The Morgan fingerprint density at radius 2 is 2.67 bits per heavy atom. The van der Waals surface area contributed by atoms with Crippen molar-refractivity contribution in [1.82, 2.24) is 20.2 Å². The van der Waals surface area contributed by atoms with Crippen LogP contribution in [0.25, 0.3) is 11.0 Å². The highest BCUT2D eigenvalue weighted by Crippen LogP contribution is 2.01. The van der Waals surface area contributed by atoms with Crippen LogP contribution in [0.3, 0.4) is 0 Å². The second-order valence-electron chi connectivity index (χ2n) is 1.62. The molecule has 0 aromatic carbocycles. The highest BCUT2D eigenvalue weighted by molar-refractivity contribution is 5.71. The number of aromatic amines is 1. The van der Waals surface area contributed by atoms with Gasteiger partial charge in [0.2, 0.25) is 0 Å². The number of nitrogens with zero attached hydrogens (tertiary/aromatic N) is 3. The zero-order chi connectivity index (χ0) is 6.97. The molecule has 4 nitrogen and oxygen atoms in total. The average molecular weight is 121 g/mol. The van der Waals surface area contributed by atoms with Crippen LogP contribution in [-0.4, -0.2) is 20.2 Å². The van der Waals surface area contributed by atoms with Gasteiger partial charge < -0.3 is 0 Å². The van der Waals surface area contributed by atoms with Gasteiger partial charge in [-0.05, 0) is 0 Å². The standard InChI is InChI=1S/C5H4N4/c1-4-2-8-9-5(4)7-3-6-1/h1-3H,(H,6,7,8,9)/i1D. The van der Waals surface area contributed by atoms with Crippen molar-refractivity contribution in [3.63, 3.8) is 0 Å². The van der Waals surface area contributed by atoms with Crippen molar-refractivity contribution in [2.24, 2.45) is 0 Å². The summed E-state index contributed by atoms with van der Waals surface area (Å²) in [7, 11) is 0. The van der Waals surface area contributed by atoms with Gasteiger partial charge in [0.25, 0.3) is 0 Å². The Labute approximate surface area is 52.4 Å². The molecule has 2 aromatic heterocycles. The zero-order valence-electron chi connectivity index (χ0n) is 5.50. The molecule has 4 heteroatoms. The highest BCUT2D eigenvalue weighted by atomic mass is 15.1. The van der Waals surface area contributed by atoms with E-state index >= 15 is 0 Å². The first-order valence-corrected chi connectivity index (χ1v) is 2.48. The van der Waals surface area contributed by atoms with E-state index in [9.17, 15) is 0 Å². The van der Waals surface area contributed by atoms with E-state index in [-0.39, 0.29) is 6.17 Å². The van der Waals surface area contributed by atoms with Gasteiger partial charge in [0.05, 0.1) is 13.0 Å². The average Bonchev–Trinajstić information content (AvgIpc) is 2.36.